The van der Waals surface area contributed by atoms with Gasteiger partial charge in [-0.3, -0.25) is 0 Å². The summed E-state index contributed by atoms with van der Waals surface area (Å²) in [4.78, 5) is 0. The van der Waals surface area contributed by atoms with Gasteiger partial charge in [-0.2, -0.15) is 0 Å². The zero-order chi connectivity index (χ0) is 13.0. The predicted octanol–water partition coefficient (Wildman–Crippen LogP) is 2.24. The monoisotopic (exact) mass is 241 g/mol. The first-order valence-electron chi connectivity index (χ1n) is 5.78. The second kappa shape index (κ2) is 5.98. The molecule has 3 atom stereocenters. The third-order valence-electron chi connectivity index (χ3n) is 3.16. The van der Waals surface area contributed by atoms with Gasteiger partial charge in [-0.25, -0.2) is 4.39 Å². The maximum absolute atomic E-state index is 13.5. The summed E-state index contributed by atoms with van der Waals surface area (Å²) in [6.07, 6.45) is 0.0997. The van der Waals surface area contributed by atoms with E-state index in [0.29, 0.717) is 5.56 Å². The molecule has 0 amide bonds. The predicted molar refractivity (Wildman–Crippen MR) is 65.3 cm³/mol. The summed E-state index contributed by atoms with van der Waals surface area (Å²) < 4.78 is 18.5. The molecule has 1 rings (SSSR count). The molecular formula is C13H20FNO2. The van der Waals surface area contributed by atoms with Crippen molar-refractivity contribution in [1.29, 1.82) is 0 Å². The van der Waals surface area contributed by atoms with Gasteiger partial charge in [0.25, 0.3) is 0 Å². The fourth-order valence-electron chi connectivity index (χ4n) is 1.78. The molecule has 0 saturated carbocycles. The minimum atomic E-state index is -0.712. The summed E-state index contributed by atoms with van der Waals surface area (Å²) in [5.41, 5.74) is 6.46. The Kier molecular flexibility index (Phi) is 4.90. The zero-order valence-electron chi connectivity index (χ0n) is 10.5. The van der Waals surface area contributed by atoms with Gasteiger partial charge in [0, 0.05) is 5.56 Å². The van der Waals surface area contributed by atoms with Crippen molar-refractivity contribution in [3.05, 3.63) is 29.6 Å². The minimum absolute atomic E-state index is 0.0537. The highest BCUT2D eigenvalue weighted by atomic mass is 19.1. The third-order valence-corrected chi connectivity index (χ3v) is 3.16. The van der Waals surface area contributed by atoms with Crippen molar-refractivity contribution in [2.45, 2.75) is 32.4 Å². The van der Waals surface area contributed by atoms with Crippen molar-refractivity contribution in [2.24, 2.45) is 11.7 Å². The van der Waals surface area contributed by atoms with Crippen LogP contribution in [0.15, 0.2) is 18.2 Å². The lowest BCUT2D eigenvalue weighted by molar-refractivity contribution is 0.0869. The van der Waals surface area contributed by atoms with Crippen molar-refractivity contribution in [3.8, 4) is 5.75 Å². The van der Waals surface area contributed by atoms with Crippen molar-refractivity contribution >= 4 is 0 Å². The first kappa shape index (κ1) is 13.9. The molecule has 0 aromatic heterocycles. The van der Waals surface area contributed by atoms with E-state index >= 15 is 0 Å². The van der Waals surface area contributed by atoms with E-state index in [1.54, 1.807) is 12.1 Å². The standard InChI is InChI=1S/C13H20FNO2/c1-4-8(2)12(16)11(15)9-6-5-7-10(14)13(9)17-3/h5-8,11-12,16H,4,15H2,1-3H3/t8?,11-,12+/m0/s1. The molecule has 4 heteroatoms. The number of ether oxygens (including phenoxy) is 1. The molecule has 1 unspecified atom stereocenters. The summed E-state index contributed by atoms with van der Waals surface area (Å²) >= 11 is 0. The summed E-state index contributed by atoms with van der Waals surface area (Å²) in [5, 5.41) is 10.0. The summed E-state index contributed by atoms with van der Waals surface area (Å²) in [7, 11) is 1.39. The van der Waals surface area contributed by atoms with Gasteiger partial charge >= 0.3 is 0 Å². The quantitative estimate of drug-likeness (QED) is 0.831. The third kappa shape index (κ3) is 2.96. The van der Waals surface area contributed by atoms with Gasteiger partial charge in [-0.05, 0) is 12.0 Å². The van der Waals surface area contributed by atoms with E-state index in [-0.39, 0.29) is 11.7 Å². The molecule has 0 saturated heterocycles. The summed E-state index contributed by atoms with van der Waals surface area (Å²) in [5.74, 6) is -0.294. The van der Waals surface area contributed by atoms with Crippen LogP contribution in [0.2, 0.25) is 0 Å². The Balaban J connectivity index is 3.03. The van der Waals surface area contributed by atoms with E-state index in [2.05, 4.69) is 0 Å². The average molecular weight is 241 g/mol. The fraction of sp³-hybridized carbons (Fsp3) is 0.538. The van der Waals surface area contributed by atoms with E-state index < -0.39 is 18.0 Å². The van der Waals surface area contributed by atoms with E-state index in [9.17, 15) is 9.50 Å². The molecule has 0 bridgehead atoms. The van der Waals surface area contributed by atoms with Crippen LogP contribution < -0.4 is 10.5 Å². The molecule has 3 N–H and O–H groups in total. The molecule has 0 radical (unpaired) electrons. The summed E-state index contributed by atoms with van der Waals surface area (Å²) in [6, 6.07) is 3.91. The number of hydrogen-bond donors (Lipinski definition) is 2. The number of nitrogens with two attached hydrogens (primary N) is 1. The van der Waals surface area contributed by atoms with Gasteiger partial charge < -0.3 is 15.6 Å². The van der Waals surface area contributed by atoms with E-state index in [4.69, 9.17) is 10.5 Å². The molecule has 17 heavy (non-hydrogen) atoms. The molecule has 3 nitrogen and oxygen atoms in total. The van der Waals surface area contributed by atoms with Crippen molar-refractivity contribution in [3.63, 3.8) is 0 Å². The van der Waals surface area contributed by atoms with Gasteiger partial charge in [0.15, 0.2) is 11.6 Å². The number of rotatable bonds is 5. The van der Waals surface area contributed by atoms with Crippen LogP contribution in [0.1, 0.15) is 31.9 Å². The number of halogens is 1. The highest BCUT2D eigenvalue weighted by Gasteiger charge is 2.25. The Labute approximate surface area is 101 Å². The summed E-state index contributed by atoms with van der Waals surface area (Å²) in [6.45, 7) is 3.89. The van der Waals surface area contributed by atoms with Crippen molar-refractivity contribution in [1.82, 2.24) is 0 Å². The van der Waals surface area contributed by atoms with E-state index in [1.807, 2.05) is 13.8 Å². The topological polar surface area (TPSA) is 55.5 Å². The maximum Gasteiger partial charge on any atom is 0.165 e. The smallest absolute Gasteiger partial charge is 0.165 e. The minimum Gasteiger partial charge on any atom is -0.493 e. The molecule has 0 spiro atoms. The molecule has 96 valence electrons. The van der Waals surface area contributed by atoms with Gasteiger partial charge in [0.2, 0.25) is 0 Å². The fourth-order valence-corrected chi connectivity index (χ4v) is 1.78. The lowest BCUT2D eigenvalue weighted by Crippen LogP contribution is -2.32. The Morgan fingerprint density at radius 1 is 1.47 bits per heavy atom. The Bertz CT molecular complexity index is 370. The molecule has 0 heterocycles. The number of methoxy groups -OCH3 is 1. The first-order valence-corrected chi connectivity index (χ1v) is 5.78. The highest BCUT2D eigenvalue weighted by Crippen LogP contribution is 2.30. The second-order valence-corrected chi connectivity index (χ2v) is 4.26. The van der Waals surface area contributed by atoms with Crippen molar-refractivity contribution in [2.75, 3.05) is 7.11 Å². The average Bonchev–Trinajstić information content (AvgIpc) is 2.35. The SMILES string of the molecule is CCC(C)[C@@H](O)[C@@H](N)c1cccc(F)c1OC. The number of benzene rings is 1. The molecule has 0 aliphatic rings. The van der Waals surface area contributed by atoms with Crippen LogP contribution in [0.3, 0.4) is 0 Å². The Hall–Kier alpha value is -1.13. The number of para-hydroxylation sites is 1. The van der Waals surface area contributed by atoms with Crippen LogP contribution in [-0.4, -0.2) is 18.3 Å². The molecular weight excluding hydrogens is 221 g/mol. The lowest BCUT2D eigenvalue weighted by Gasteiger charge is -2.25. The van der Waals surface area contributed by atoms with Crippen LogP contribution in [-0.2, 0) is 0 Å². The lowest BCUT2D eigenvalue weighted by atomic mass is 9.91. The molecule has 1 aromatic carbocycles. The Morgan fingerprint density at radius 2 is 2.12 bits per heavy atom. The number of hydrogen-bond acceptors (Lipinski definition) is 3. The largest absolute Gasteiger partial charge is 0.493 e. The van der Waals surface area contributed by atoms with Gasteiger partial charge in [0.05, 0.1) is 19.3 Å². The number of aliphatic hydroxyl groups is 1. The highest BCUT2D eigenvalue weighted by molar-refractivity contribution is 5.37. The zero-order valence-corrected chi connectivity index (χ0v) is 10.5. The molecule has 0 aliphatic carbocycles. The molecule has 0 fully saturated rings. The van der Waals surface area contributed by atoms with Gasteiger partial charge in [-0.15, -0.1) is 0 Å². The van der Waals surface area contributed by atoms with Crippen LogP contribution in [0.5, 0.6) is 5.75 Å². The van der Waals surface area contributed by atoms with Gasteiger partial charge in [-0.1, -0.05) is 32.4 Å². The van der Waals surface area contributed by atoms with Crippen molar-refractivity contribution < 1.29 is 14.2 Å². The van der Waals surface area contributed by atoms with Crippen LogP contribution in [0.4, 0.5) is 4.39 Å². The normalized spacial score (nSPS) is 16.4. The molecule has 0 aliphatic heterocycles. The number of aliphatic hydroxyl groups excluding tert-OH is 1. The van der Waals surface area contributed by atoms with E-state index in [1.165, 1.54) is 13.2 Å². The first-order chi connectivity index (χ1) is 8.02. The van der Waals surface area contributed by atoms with Crippen LogP contribution in [0.25, 0.3) is 0 Å². The second-order valence-electron chi connectivity index (χ2n) is 4.26. The molecule has 1 aromatic rings. The Morgan fingerprint density at radius 3 is 2.65 bits per heavy atom. The van der Waals surface area contributed by atoms with E-state index in [0.717, 1.165) is 6.42 Å². The van der Waals surface area contributed by atoms with Crippen LogP contribution in [0, 0.1) is 11.7 Å². The van der Waals surface area contributed by atoms with Gasteiger partial charge in [0.1, 0.15) is 0 Å². The maximum atomic E-state index is 13.5. The van der Waals surface area contributed by atoms with Crippen LogP contribution >= 0.6 is 0 Å².